The minimum atomic E-state index is -3.32. The molecule has 0 aromatic carbocycles. The average Bonchev–Trinajstić information content (AvgIpc) is 2.82. The topological polar surface area (TPSA) is 37.4 Å². The molecule has 15 heavy (non-hydrogen) atoms. The van der Waals surface area contributed by atoms with Gasteiger partial charge >= 0.3 is 0 Å². The van der Waals surface area contributed by atoms with Crippen molar-refractivity contribution in [2.24, 2.45) is 5.92 Å². The van der Waals surface area contributed by atoms with Gasteiger partial charge in [0.05, 0.1) is 0 Å². The first-order valence-electron chi connectivity index (χ1n) is 5.58. The molecule has 0 saturated heterocycles. The van der Waals surface area contributed by atoms with Gasteiger partial charge in [-0.3, -0.25) is 0 Å². The van der Waals surface area contributed by atoms with Crippen molar-refractivity contribution in [3.63, 3.8) is 0 Å². The Hall–Kier alpha value is 0.260. The lowest BCUT2D eigenvalue weighted by Gasteiger charge is -2.26. The van der Waals surface area contributed by atoms with E-state index < -0.39 is 9.06 Å². The molecule has 1 saturated carbocycles. The third-order valence-electron chi connectivity index (χ3n) is 2.77. The van der Waals surface area contributed by atoms with E-state index in [4.69, 9.17) is 0 Å². The summed E-state index contributed by atoms with van der Waals surface area (Å²) in [7, 11) is -3.32. The van der Waals surface area contributed by atoms with Crippen LogP contribution in [0.4, 0.5) is 0 Å². The molecule has 0 aliphatic heterocycles. The minimum absolute atomic E-state index is 0.0856. The van der Waals surface area contributed by atoms with Crippen molar-refractivity contribution in [1.29, 1.82) is 0 Å². The predicted octanol–water partition coefficient (Wildman–Crippen LogP) is 2.45. The first-order chi connectivity index (χ1) is 6.82. The largest absolute Gasteiger partial charge is 0.265 e. The number of hydrogen-bond acceptors (Lipinski definition) is 2. The van der Waals surface area contributed by atoms with Gasteiger partial charge in [0, 0.05) is 12.1 Å². The molecule has 1 fully saturated rings. The quantitative estimate of drug-likeness (QED) is 0.581. The Morgan fingerprint density at radius 1 is 1.27 bits per heavy atom. The minimum Gasteiger partial charge on any atom is -0.201 e. The van der Waals surface area contributed by atoms with Gasteiger partial charge in [-0.1, -0.05) is 13.8 Å². The van der Waals surface area contributed by atoms with Crippen LogP contribution in [0, 0.1) is 5.92 Å². The van der Waals surface area contributed by atoms with Gasteiger partial charge < -0.3 is 0 Å². The molecular formula is C10H21NO2S2. The molecule has 0 aromatic heterocycles. The van der Waals surface area contributed by atoms with E-state index in [1.54, 1.807) is 4.31 Å². The van der Waals surface area contributed by atoms with Gasteiger partial charge in [-0.2, -0.15) is 4.31 Å². The van der Waals surface area contributed by atoms with E-state index in [1.165, 1.54) is 0 Å². The zero-order valence-electron chi connectivity index (χ0n) is 9.68. The molecule has 1 atom stereocenters. The fraction of sp³-hybridized carbons (Fsp3) is 1.00. The lowest BCUT2D eigenvalue weighted by molar-refractivity contribution is 0.305. The standard InChI is InChI=1S/C10H21NO2S2/c1-8(2)4-5-9(3)11(10-6-7-10)15(12,13)14/h8-10H,4-7H2,1-3H3,(H,12,13,14)/t9-/m1/s1. The normalized spacial score (nSPS) is 19.9. The number of nitrogens with zero attached hydrogens (tertiary/aromatic N) is 1. The van der Waals surface area contributed by atoms with Gasteiger partial charge in [0.1, 0.15) is 0 Å². The van der Waals surface area contributed by atoms with Crippen LogP contribution in [-0.4, -0.2) is 24.8 Å². The summed E-state index contributed by atoms with van der Waals surface area (Å²) in [6, 6.07) is 0.303. The molecule has 5 heteroatoms. The molecule has 3 nitrogen and oxygen atoms in total. The Morgan fingerprint density at radius 3 is 2.13 bits per heavy atom. The fourth-order valence-corrected chi connectivity index (χ4v) is 3.84. The molecule has 1 aliphatic carbocycles. The van der Waals surface area contributed by atoms with E-state index in [9.17, 15) is 8.42 Å². The predicted molar refractivity (Wildman–Crippen MR) is 66.3 cm³/mol. The van der Waals surface area contributed by atoms with E-state index in [-0.39, 0.29) is 12.1 Å². The smallest absolute Gasteiger partial charge is 0.201 e. The third-order valence-corrected chi connectivity index (χ3v) is 4.53. The molecule has 0 heterocycles. The SMILES string of the molecule is CC(C)CC[C@@H](C)N(C1CC1)S(=O)(=O)S. The van der Waals surface area contributed by atoms with Crippen LogP contribution in [0.3, 0.4) is 0 Å². The van der Waals surface area contributed by atoms with E-state index in [0.29, 0.717) is 5.92 Å². The second-order valence-electron chi connectivity index (χ2n) is 4.86. The molecule has 0 amide bonds. The van der Waals surface area contributed by atoms with E-state index >= 15 is 0 Å². The maximum absolute atomic E-state index is 11.5. The van der Waals surface area contributed by atoms with Crippen LogP contribution in [0.25, 0.3) is 0 Å². The molecule has 0 radical (unpaired) electrons. The molecule has 90 valence electrons. The van der Waals surface area contributed by atoms with Crippen molar-refractivity contribution >= 4 is 20.7 Å². The molecule has 0 bridgehead atoms. The van der Waals surface area contributed by atoms with Crippen molar-refractivity contribution in [2.75, 3.05) is 0 Å². The fourth-order valence-electron chi connectivity index (χ4n) is 1.81. The maximum atomic E-state index is 11.5. The van der Waals surface area contributed by atoms with Crippen molar-refractivity contribution in [3.05, 3.63) is 0 Å². The van der Waals surface area contributed by atoms with Crippen LogP contribution < -0.4 is 0 Å². The summed E-state index contributed by atoms with van der Waals surface area (Å²) in [6.45, 7) is 6.29. The van der Waals surface area contributed by atoms with Crippen molar-refractivity contribution in [3.8, 4) is 0 Å². The highest BCUT2D eigenvalue weighted by atomic mass is 33.1. The number of thiol groups is 1. The highest BCUT2D eigenvalue weighted by Crippen LogP contribution is 2.33. The summed E-state index contributed by atoms with van der Waals surface area (Å²) < 4.78 is 24.6. The average molecular weight is 251 g/mol. The van der Waals surface area contributed by atoms with Crippen LogP contribution in [0.1, 0.15) is 46.5 Å². The molecule has 0 unspecified atom stereocenters. The third kappa shape index (κ3) is 4.33. The van der Waals surface area contributed by atoms with Crippen LogP contribution in [0.5, 0.6) is 0 Å². The van der Waals surface area contributed by atoms with E-state index in [0.717, 1.165) is 25.7 Å². The number of hydrogen-bond donors (Lipinski definition) is 1. The number of rotatable bonds is 6. The van der Waals surface area contributed by atoms with Crippen LogP contribution in [0.15, 0.2) is 0 Å². The van der Waals surface area contributed by atoms with Gasteiger partial charge in [-0.25, -0.2) is 8.42 Å². The zero-order valence-corrected chi connectivity index (χ0v) is 11.4. The first-order valence-corrected chi connectivity index (χ1v) is 8.07. The molecule has 0 aromatic rings. The Bertz CT molecular complexity index is 297. The van der Waals surface area contributed by atoms with Gasteiger partial charge in [0.25, 0.3) is 9.06 Å². The Balaban J connectivity index is 2.56. The van der Waals surface area contributed by atoms with E-state index in [1.807, 2.05) is 6.92 Å². The van der Waals surface area contributed by atoms with Gasteiger partial charge in [-0.05, 0) is 50.2 Å². The van der Waals surface area contributed by atoms with Crippen LogP contribution >= 0.6 is 11.7 Å². The second-order valence-corrected chi connectivity index (χ2v) is 7.56. The summed E-state index contributed by atoms with van der Waals surface area (Å²) in [5, 5.41) is 0. The summed E-state index contributed by atoms with van der Waals surface area (Å²) in [5.41, 5.74) is 0. The van der Waals surface area contributed by atoms with Crippen molar-refractivity contribution in [2.45, 2.75) is 58.5 Å². The van der Waals surface area contributed by atoms with Gasteiger partial charge in [0.2, 0.25) is 0 Å². The zero-order chi connectivity index (χ0) is 11.6. The molecule has 1 aliphatic rings. The van der Waals surface area contributed by atoms with Crippen molar-refractivity contribution < 1.29 is 8.42 Å². The molecule has 0 spiro atoms. The Labute approximate surface area is 98.1 Å². The summed E-state index contributed by atoms with van der Waals surface area (Å²) in [4.78, 5) is 0. The van der Waals surface area contributed by atoms with Gasteiger partial charge in [0.15, 0.2) is 0 Å². The van der Waals surface area contributed by atoms with Crippen molar-refractivity contribution in [1.82, 2.24) is 4.31 Å². The highest BCUT2D eigenvalue weighted by molar-refractivity contribution is 8.62. The first kappa shape index (κ1) is 13.3. The highest BCUT2D eigenvalue weighted by Gasteiger charge is 2.38. The lowest BCUT2D eigenvalue weighted by Crippen LogP contribution is -2.37. The Morgan fingerprint density at radius 2 is 1.80 bits per heavy atom. The monoisotopic (exact) mass is 251 g/mol. The molecular weight excluding hydrogens is 230 g/mol. The second kappa shape index (κ2) is 5.06. The summed E-state index contributed by atoms with van der Waals surface area (Å²) in [5.74, 6) is 0.621. The Kier molecular flexibility index (Phi) is 4.50. The summed E-state index contributed by atoms with van der Waals surface area (Å²) >= 11 is 3.71. The molecule has 0 N–H and O–H groups in total. The lowest BCUT2D eigenvalue weighted by atomic mass is 10.0. The van der Waals surface area contributed by atoms with Crippen LogP contribution in [-0.2, 0) is 9.06 Å². The molecule has 1 rings (SSSR count). The maximum Gasteiger partial charge on any atom is 0.265 e. The van der Waals surface area contributed by atoms with Gasteiger partial charge in [-0.15, -0.1) is 0 Å². The van der Waals surface area contributed by atoms with Crippen LogP contribution in [0.2, 0.25) is 0 Å². The van der Waals surface area contributed by atoms with E-state index in [2.05, 4.69) is 25.5 Å². The summed E-state index contributed by atoms with van der Waals surface area (Å²) in [6.07, 6.45) is 3.97.